The summed E-state index contributed by atoms with van der Waals surface area (Å²) < 4.78 is 0. The van der Waals surface area contributed by atoms with Crippen LogP contribution in [-0.4, -0.2) is 40.3 Å². The van der Waals surface area contributed by atoms with Crippen LogP contribution < -0.4 is 10.6 Å². The van der Waals surface area contributed by atoms with Gasteiger partial charge in [-0.15, -0.1) is 0 Å². The average Bonchev–Trinajstić information content (AvgIpc) is 2.70. The maximum absolute atomic E-state index is 12.3. The first-order valence-electron chi connectivity index (χ1n) is 8.65. The number of phenols is 1. The van der Waals surface area contributed by atoms with Gasteiger partial charge in [0.2, 0.25) is 5.91 Å². The lowest BCUT2D eigenvalue weighted by Gasteiger charge is -2.08. The topological polar surface area (TPSA) is 103 Å². The van der Waals surface area contributed by atoms with Crippen molar-refractivity contribution >= 4 is 57.9 Å². The molecule has 0 aliphatic heterocycles. The van der Waals surface area contributed by atoms with Crippen molar-refractivity contribution in [2.45, 2.75) is 12.8 Å². The van der Waals surface area contributed by atoms with Gasteiger partial charge in [-0.2, -0.15) is 9.98 Å². The lowest BCUT2D eigenvalue weighted by atomic mass is 10.1. The van der Waals surface area contributed by atoms with Crippen molar-refractivity contribution in [1.82, 2.24) is 10.6 Å². The maximum Gasteiger partial charge on any atom is 0.251 e. The summed E-state index contributed by atoms with van der Waals surface area (Å²) in [4.78, 5) is 31.9. The summed E-state index contributed by atoms with van der Waals surface area (Å²) in [5.74, 6) is -0.316. The first kappa shape index (κ1) is 22.1. The number of benzene rings is 2. The van der Waals surface area contributed by atoms with E-state index in [4.69, 9.17) is 0 Å². The Hall–Kier alpha value is -3.22. The number of isothiocyanates is 2. The molecule has 3 N–H and O–H groups in total. The summed E-state index contributed by atoms with van der Waals surface area (Å²) in [5, 5.41) is 19.3. The van der Waals surface area contributed by atoms with Gasteiger partial charge < -0.3 is 15.7 Å². The molecular formula is C20H18N4O3S2. The fraction of sp³-hybridized carbons (Fsp3) is 0.200. The Kier molecular flexibility index (Phi) is 8.82. The molecule has 2 rings (SSSR count). The molecule has 0 saturated carbocycles. The number of hydrogen-bond acceptors (Lipinski definition) is 7. The molecule has 7 nitrogen and oxygen atoms in total. The minimum Gasteiger partial charge on any atom is -0.508 e. The van der Waals surface area contributed by atoms with Crippen LogP contribution in [0.2, 0.25) is 0 Å². The van der Waals surface area contributed by atoms with Gasteiger partial charge in [-0.3, -0.25) is 9.59 Å². The second-order valence-corrected chi connectivity index (χ2v) is 6.29. The third-order valence-electron chi connectivity index (χ3n) is 3.80. The van der Waals surface area contributed by atoms with Crippen LogP contribution in [0, 0.1) is 0 Å². The number of aliphatic imine (C=N–C) groups is 2. The van der Waals surface area contributed by atoms with E-state index < -0.39 is 0 Å². The highest BCUT2D eigenvalue weighted by atomic mass is 32.1. The molecule has 9 heteroatoms. The van der Waals surface area contributed by atoms with Gasteiger partial charge in [0.05, 0.1) is 21.7 Å². The number of aryl methyl sites for hydroxylation is 1. The van der Waals surface area contributed by atoms with Gasteiger partial charge in [0, 0.05) is 25.1 Å². The highest BCUT2D eigenvalue weighted by Crippen LogP contribution is 2.23. The average molecular weight is 427 g/mol. The number of aromatic hydroxyl groups is 1. The SMILES string of the molecule is O=C(CCc1cccc(O)c1)NCCNC(=O)c1cc(N=C=S)cc(N=C=S)c1. The van der Waals surface area contributed by atoms with Crippen LogP contribution in [0.5, 0.6) is 5.75 Å². The molecule has 0 bridgehead atoms. The van der Waals surface area contributed by atoms with E-state index in [2.05, 4.69) is 55.4 Å². The van der Waals surface area contributed by atoms with Gasteiger partial charge in [-0.05, 0) is 66.8 Å². The Bertz CT molecular complexity index is 961. The molecule has 0 fully saturated rings. The molecule has 148 valence electrons. The van der Waals surface area contributed by atoms with Crippen molar-refractivity contribution in [3.8, 4) is 5.75 Å². The van der Waals surface area contributed by atoms with E-state index in [-0.39, 0.29) is 37.1 Å². The molecule has 0 aliphatic carbocycles. The number of thiocarbonyl (C=S) groups is 2. The Morgan fingerprint density at radius 1 is 0.966 bits per heavy atom. The zero-order valence-electron chi connectivity index (χ0n) is 15.3. The van der Waals surface area contributed by atoms with Gasteiger partial charge in [-0.1, -0.05) is 12.1 Å². The standard InChI is InChI=1S/C20H18N4O3S2/c25-18-3-1-2-14(8-18)4-5-19(26)21-6-7-22-20(27)15-9-16(23-12-28)11-17(10-15)24-13-29/h1-3,8-11,25H,4-7H2,(H,21,26)(H,22,27). The highest BCUT2D eigenvalue weighted by molar-refractivity contribution is 7.78. The highest BCUT2D eigenvalue weighted by Gasteiger charge is 2.09. The molecule has 2 aromatic carbocycles. The first-order valence-corrected chi connectivity index (χ1v) is 9.47. The second-order valence-electron chi connectivity index (χ2n) is 5.92. The van der Waals surface area contributed by atoms with Crippen LogP contribution in [0.1, 0.15) is 22.3 Å². The summed E-state index contributed by atoms with van der Waals surface area (Å²) in [6, 6.07) is 11.5. The second kappa shape index (κ2) is 11.6. The van der Waals surface area contributed by atoms with E-state index in [1.165, 1.54) is 0 Å². The van der Waals surface area contributed by atoms with Gasteiger partial charge in [0.25, 0.3) is 5.91 Å². The molecule has 29 heavy (non-hydrogen) atoms. The zero-order chi connectivity index (χ0) is 21.1. The Morgan fingerprint density at radius 2 is 1.62 bits per heavy atom. The van der Waals surface area contributed by atoms with E-state index in [0.29, 0.717) is 23.4 Å². The fourth-order valence-corrected chi connectivity index (χ4v) is 2.71. The monoisotopic (exact) mass is 426 g/mol. The molecule has 0 unspecified atom stereocenters. The molecule has 0 saturated heterocycles. The summed E-state index contributed by atoms with van der Waals surface area (Å²) >= 11 is 9.17. The Labute approximate surface area is 178 Å². The van der Waals surface area contributed by atoms with Crippen molar-refractivity contribution in [3.05, 3.63) is 53.6 Å². The molecule has 0 aromatic heterocycles. The zero-order valence-corrected chi connectivity index (χ0v) is 17.0. The number of phenolic OH excluding ortho intramolecular Hbond substituents is 1. The normalized spacial score (nSPS) is 9.66. The van der Waals surface area contributed by atoms with E-state index in [9.17, 15) is 14.7 Å². The van der Waals surface area contributed by atoms with Crippen molar-refractivity contribution in [2.75, 3.05) is 13.1 Å². The first-order chi connectivity index (χ1) is 14.0. The minimum absolute atomic E-state index is 0.141. The molecule has 0 spiro atoms. The van der Waals surface area contributed by atoms with Crippen LogP contribution in [0.4, 0.5) is 11.4 Å². The lowest BCUT2D eigenvalue weighted by molar-refractivity contribution is -0.121. The number of nitrogens with zero attached hydrogens (tertiary/aromatic N) is 2. The van der Waals surface area contributed by atoms with Crippen LogP contribution >= 0.6 is 24.4 Å². The Balaban J connectivity index is 1.81. The quantitative estimate of drug-likeness (QED) is 0.324. The van der Waals surface area contributed by atoms with Crippen LogP contribution in [-0.2, 0) is 11.2 Å². The number of carbonyl (C=O) groups is 2. The summed E-state index contributed by atoms with van der Waals surface area (Å²) in [7, 11) is 0. The number of hydrogen-bond donors (Lipinski definition) is 3. The van der Waals surface area contributed by atoms with E-state index in [1.807, 2.05) is 6.07 Å². The molecule has 0 atom stereocenters. The van der Waals surface area contributed by atoms with Gasteiger partial charge in [0.1, 0.15) is 5.75 Å². The van der Waals surface area contributed by atoms with E-state index in [1.54, 1.807) is 36.4 Å². The number of rotatable bonds is 9. The fourth-order valence-electron chi connectivity index (χ4n) is 2.50. The molecule has 2 aromatic rings. The predicted octanol–water partition coefficient (Wildman–Crippen LogP) is 3.34. The lowest BCUT2D eigenvalue weighted by Crippen LogP contribution is -2.34. The van der Waals surface area contributed by atoms with Gasteiger partial charge in [-0.25, -0.2) is 0 Å². The predicted molar refractivity (Wildman–Crippen MR) is 118 cm³/mol. The third-order valence-corrected chi connectivity index (χ3v) is 3.98. The largest absolute Gasteiger partial charge is 0.508 e. The summed E-state index contributed by atoms with van der Waals surface area (Å²) in [5.41, 5.74) is 2.06. The molecule has 0 heterocycles. The summed E-state index contributed by atoms with van der Waals surface area (Å²) in [6.07, 6.45) is 0.802. The van der Waals surface area contributed by atoms with Crippen molar-refractivity contribution in [1.29, 1.82) is 0 Å². The summed E-state index contributed by atoms with van der Waals surface area (Å²) in [6.45, 7) is 0.538. The van der Waals surface area contributed by atoms with E-state index >= 15 is 0 Å². The Morgan fingerprint density at radius 3 is 2.24 bits per heavy atom. The smallest absolute Gasteiger partial charge is 0.251 e. The molecular weight excluding hydrogens is 408 g/mol. The van der Waals surface area contributed by atoms with Crippen LogP contribution in [0.15, 0.2) is 52.4 Å². The maximum atomic E-state index is 12.3. The van der Waals surface area contributed by atoms with Crippen molar-refractivity contribution in [3.63, 3.8) is 0 Å². The van der Waals surface area contributed by atoms with Crippen LogP contribution in [0.25, 0.3) is 0 Å². The van der Waals surface area contributed by atoms with Gasteiger partial charge >= 0.3 is 0 Å². The van der Waals surface area contributed by atoms with Crippen LogP contribution in [0.3, 0.4) is 0 Å². The number of amides is 2. The van der Waals surface area contributed by atoms with Crippen molar-refractivity contribution in [2.24, 2.45) is 9.98 Å². The molecule has 0 aliphatic rings. The molecule has 2 amide bonds. The minimum atomic E-state index is -0.346. The van der Waals surface area contributed by atoms with Gasteiger partial charge in [0.15, 0.2) is 0 Å². The number of nitrogens with one attached hydrogen (secondary N) is 2. The van der Waals surface area contributed by atoms with E-state index in [0.717, 1.165) is 5.56 Å². The number of carbonyl (C=O) groups excluding carboxylic acids is 2. The molecule has 0 radical (unpaired) electrons. The van der Waals surface area contributed by atoms with Crippen molar-refractivity contribution < 1.29 is 14.7 Å². The third kappa shape index (κ3) is 7.73.